The molecule has 1 heterocycles. The van der Waals surface area contributed by atoms with E-state index in [1.165, 1.54) is 5.56 Å². The fourth-order valence-corrected chi connectivity index (χ4v) is 1.65. The molecule has 160 valence electrons. The first-order valence-corrected chi connectivity index (χ1v) is 9.54. The highest BCUT2D eigenvalue weighted by molar-refractivity contribution is 5.97. The van der Waals surface area contributed by atoms with E-state index in [-0.39, 0.29) is 0 Å². The third-order valence-electron chi connectivity index (χ3n) is 2.97. The van der Waals surface area contributed by atoms with Gasteiger partial charge in [0.25, 0.3) is 0 Å². The SMILES string of the molecule is C=CC.C=CC/C(=C/C(=N)C(F)(F)F)CCCC.CC.Cc1ccc(C)nc1. The van der Waals surface area contributed by atoms with Crippen LogP contribution >= 0.6 is 0 Å². The fourth-order valence-electron chi connectivity index (χ4n) is 1.65. The maximum atomic E-state index is 12.1. The molecule has 0 atom stereocenters. The van der Waals surface area contributed by atoms with Gasteiger partial charge >= 0.3 is 6.18 Å². The number of rotatable bonds is 6. The van der Waals surface area contributed by atoms with Gasteiger partial charge in [-0.05, 0) is 57.7 Å². The molecule has 1 aromatic heterocycles. The van der Waals surface area contributed by atoms with Crippen LogP contribution in [0.3, 0.4) is 0 Å². The minimum atomic E-state index is -4.54. The second kappa shape index (κ2) is 19.6. The Morgan fingerprint density at radius 2 is 1.71 bits per heavy atom. The average Bonchev–Trinajstić information content (AvgIpc) is 2.64. The zero-order valence-corrected chi connectivity index (χ0v) is 18.3. The molecule has 1 rings (SSSR count). The van der Waals surface area contributed by atoms with Gasteiger partial charge in [-0.2, -0.15) is 13.2 Å². The molecule has 5 heteroatoms. The fraction of sp³-hybridized carbons (Fsp3) is 0.478. The van der Waals surface area contributed by atoms with Crippen molar-refractivity contribution in [1.82, 2.24) is 4.98 Å². The molecule has 0 aliphatic carbocycles. The highest BCUT2D eigenvalue weighted by Crippen LogP contribution is 2.20. The molecule has 0 bridgehead atoms. The molecule has 1 N–H and O–H groups in total. The molecule has 0 aliphatic rings. The molecular weight excluding hydrogens is 361 g/mol. The Labute approximate surface area is 169 Å². The summed E-state index contributed by atoms with van der Waals surface area (Å²) < 4.78 is 36.2. The van der Waals surface area contributed by atoms with Gasteiger partial charge < -0.3 is 0 Å². The lowest BCUT2D eigenvalue weighted by Gasteiger charge is -2.07. The van der Waals surface area contributed by atoms with Crippen LogP contribution in [0, 0.1) is 19.3 Å². The molecule has 0 amide bonds. The van der Waals surface area contributed by atoms with Crippen molar-refractivity contribution in [2.24, 2.45) is 0 Å². The van der Waals surface area contributed by atoms with Crippen molar-refractivity contribution >= 4 is 5.71 Å². The van der Waals surface area contributed by atoms with Crippen LogP contribution in [0.15, 0.2) is 55.3 Å². The smallest absolute Gasteiger partial charge is 0.296 e. The van der Waals surface area contributed by atoms with Crippen LogP contribution in [0.25, 0.3) is 0 Å². The summed E-state index contributed by atoms with van der Waals surface area (Å²) in [5, 5.41) is 6.85. The van der Waals surface area contributed by atoms with E-state index in [4.69, 9.17) is 5.41 Å². The minimum absolute atomic E-state index is 0.415. The zero-order valence-electron chi connectivity index (χ0n) is 18.3. The van der Waals surface area contributed by atoms with Crippen molar-refractivity contribution in [1.29, 1.82) is 5.41 Å². The van der Waals surface area contributed by atoms with Gasteiger partial charge in [0.1, 0.15) is 5.71 Å². The topological polar surface area (TPSA) is 36.7 Å². The van der Waals surface area contributed by atoms with Gasteiger partial charge in [-0.15, -0.1) is 13.2 Å². The minimum Gasteiger partial charge on any atom is -0.296 e. The van der Waals surface area contributed by atoms with E-state index >= 15 is 0 Å². The second-order valence-electron chi connectivity index (χ2n) is 5.70. The summed E-state index contributed by atoms with van der Waals surface area (Å²) in [5.74, 6) is 0. The summed E-state index contributed by atoms with van der Waals surface area (Å²) in [6.45, 7) is 18.7. The lowest BCUT2D eigenvalue weighted by atomic mass is 10.0. The Balaban J connectivity index is -0.000000399. The normalized spacial score (nSPS) is 10.1. The molecule has 1 aromatic rings. The Hall–Kier alpha value is -2.17. The molecular formula is C23H37F3N2. The van der Waals surface area contributed by atoms with Gasteiger partial charge in [0.05, 0.1) is 0 Å². The summed E-state index contributed by atoms with van der Waals surface area (Å²) >= 11 is 0. The first kappa shape index (κ1) is 30.6. The van der Waals surface area contributed by atoms with E-state index in [9.17, 15) is 13.2 Å². The number of pyridine rings is 1. The van der Waals surface area contributed by atoms with Gasteiger partial charge in [0.2, 0.25) is 0 Å². The predicted octanol–water partition coefficient (Wildman–Crippen LogP) is 8.18. The van der Waals surface area contributed by atoms with E-state index in [1.54, 1.807) is 12.2 Å². The maximum absolute atomic E-state index is 12.1. The quantitative estimate of drug-likeness (QED) is 0.381. The monoisotopic (exact) mass is 398 g/mol. The number of nitrogens with zero attached hydrogens (tertiary/aromatic N) is 1. The summed E-state index contributed by atoms with van der Waals surface area (Å²) in [4.78, 5) is 4.08. The number of halogens is 3. The summed E-state index contributed by atoms with van der Waals surface area (Å²) in [7, 11) is 0. The Morgan fingerprint density at radius 3 is 2.04 bits per heavy atom. The van der Waals surface area contributed by atoms with Gasteiger partial charge in [0, 0.05) is 11.9 Å². The highest BCUT2D eigenvalue weighted by Gasteiger charge is 2.32. The third-order valence-corrected chi connectivity index (χ3v) is 2.97. The molecule has 0 spiro atoms. The molecule has 0 aromatic carbocycles. The Bertz CT molecular complexity index is 535. The predicted molar refractivity (Wildman–Crippen MR) is 117 cm³/mol. The molecule has 0 saturated carbocycles. The zero-order chi connectivity index (χ0) is 22.6. The van der Waals surface area contributed by atoms with Crippen LogP contribution in [0.2, 0.25) is 0 Å². The van der Waals surface area contributed by atoms with Crippen molar-refractivity contribution in [3.05, 3.63) is 66.5 Å². The number of aryl methyl sites for hydroxylation is 2. The van der Waals surface area contributed by atoms with Gasteiger partial charge in [-0.1, -0.05) is 51.0 Å². The number of allylic oxidation sites excluding steroid dienone is 4. The van der Waals surface area contributed by atoms with E-state index in [1.807, 2.05) is 53.8 Å². The van der Waals surface area contributed by atoms with Crippen molar-refractivity contribution in [2.45, 2.75) is 73.4 Å². The van der Waals surface area contributed by atoms with Gasteiger partial charge in [-0.25, -0.2) is 0 Å². The average molecular weight is 399 g/mol. The number of alkyl halides is 3. The van der Waals surface area contributed by atoms with Gasteiger partial charge in [-0.3, -0.25) is 10.4 Å². The maximum Gasteiger partial charge on any atom is 0.432 e. The first-order chi connectivity index (χ1) is 13.1. The Morgan fingerprint density at radius 1 is 1.18 bits per heavy atom. The third kappa shape index (κ3) is 20.1. The Kier molecular flexibility index (Phi) is 21.4. The number of nitrogens with one attached hydrogen (secondary N) is 1. The standard InChI is InChI=1S/C11H16F3N.C7H9N.C3H6.C2H6/c1-3-5-7-9(6-4-2)8-10(15)11(12,13)14;1-6-3-4-7(2)8-5-6;1-3-2;1-2/h4,8,15H,2-3,5-7H2,1H3;3-5H,1-2H3;3H,1H2,2H3;1-2H3/b9-8-,15-10?;;;. The molecule has 28 heavy (non-hydrogen) atoms. The van der Waals surface area contributed by atoms with E-state index in [2.05, 4.69) is 24.2 Å². The number of hydrogen-bond donors (Lipinski definition) is 1. The van der Waals surface area contributed by atoms with Crippen LogP contribution in [0.4, 0.5) is 13.2 Å². The van der Waals surface area contributed by atoms with Crippen LogP contribution in [-0.4, -0.2) is 16.9 Å². The molecule has 0 unspecified atom stereocenters. The van der Waals surface area contributed by atoms with Crippen molar-refractivity contribution in [3.8, 4) is 0 Å². The van der Waals surface area contributed by atoms with E-state index in [0.29, 0.717) is 18.4 Å². The second-order valence-corrected chi connectivity index (χ2v) is 5.70. The van der Waals surface area contributed by atoms with Crippen molar-refractivity contribution in [2.75, 3.05) is 0 Å². The highest BCUT2D eigenvalue weighted by atomic mass is 19.4. The number of aromatic nitrogens is 1. The van der Waals surface area contributed by atoms with Crippen molar-refractivity contribution in [3.63, 3.8) is 0 Å². The van der Waals surface area contributed by atoms with Crippen molar-refractivity contribution < 1.29 is 13.2 Å². The molecule has 0 radical (unpaired) electrons. The summed E-state index contributed by atoms with van der Waals surface area (Å²) in [6.07, 6.45) is 4.33. The van der Waals surface area contributed by atoms with Crippen LogP contribution in [0.5, 0.6) is 0 Å². The summed E-state index contributed by atoms with van der Waals surface area (Å²) in [6, 6.07) is 4.07. The summed E-state index contributed by atoms with van der Waals surface area (Å²) in [5.41, 5.74) is 1.64. The lowest BCUT2D eigenvalue weighted by Crippen LogP contribution is -2.19. The largest absolute Gasteiger partial charge is 0.432 e. The van der Waals surface area contributed by atoms with E-state index in [0.717, 1.165) is 24.6 Å². The molecule has 0 fully saturated rings. The number of hydrogen-bond acceptors (Lipinski definition) is 2. The van der Waals surface area contributed by atoms with Crippen LogP contribution in [0.1, 0.15) is 64.6 Å². The first-order valence-electron chi connectivity index (χ1n) is 9.54. The van der Waals surface area contributed by atoms with E-state index < -0.39 is 11.9 Å². The van der Waals surface area contributed by atoms with Crippen LogP contribution in [-0.2, 0) is 0 Å². The van der Waals surface area contributed by atoms with Gasteiger partial charge in [0.15, 0.2) is 0 Å². The van der Waals surface area contributed by atoms with Crippen LogP contribution < -0.4 is 0 Å². The molecule has 0 aliphatic heterocycles. The lowest BCUT2D eigenvalue weighted by molar-refractivity contribution is -0.0584. The molecule has 2 nitrogen and oxygen atoms in total. The molecule has 0 saturated heterocycles. The number of unbranched alkanes of at least 4 members (excludes halogenated alkanes) is 1.